The third-order valence-electron chi connectivity index (χ3n) is 10.7. The van der Waals surface area contributed by atoms with Crippen molar-refractivity contribution in [2.45, 2.75) is 245 Å². The van der Waals surface area contributed by atoms with Crippen molar-refractivity contribution in [1.29, 1.82) is 0 Å². The number of allylic oxidation sites excluding steroid dienone is 12. The summed E-state index contributed by atoms with van der Waals surface area (Å²) in [6.07, 6.45) is 61.6. The number of carbonyl (C=O) groups is 3. The molecule has 0 aliphatic carbocycles. The molecule has 0 N–H and O–H groups in total. The normalized spacial score (nSPS) is 12.6. The predicted octanol–water partition coefficient (Wildman–Crippen LogP) is 16.6. The maximum absolute atomic E-state index is 12.8. The van der Waals surface area contributed by atoms with E-state index in [2.05, 4.69) is 93.7 Å². The molecule has 0 aliphatic rings. The molecule has 0 bridgehead atoms. The molecule has 0 saturated heterocycles. The van der Waals surface area contributed by atoms with Crippen LogP contribution in [0.1, 0.15) is 239 Å². The van der Waals surface area contributed by atoms with Crippen molar-refractivity contribution in [2.24, 2.45) is 0 Å². The zero-order valence-corrected chi connectivity index (χ0v) is 39.9. The Morgan fingerprint density at radius 2 is 0.656 bits per heavy atom. The molecular weight excluding hydrogens is 757 g/mol. The van der Waals surface area contributed by atoms with Gasteiger partial charge in [-0.3, -0.25) is 14.4 Å². The lowest BCUT2D eigenvalue weighted by Crippen LogP contribution is -2.30. The molecule has 0 radical (unpaired) electrons. The first-order valence-electron chi connectivity index (χ1n) is 25.5. The number of hydrogen-bond acceptors (Lipinski definition) is 6. The maximum atomic E-state index is 12.8. The number of ether oxygens (including phenoxy) is 3. The van der Waals surface area contributed by atoms with Crippen molar-refractivity contribution >= 4 is 17.9 Å². The van der Waals surface area contributed by atoms with Gasteiger partial charge in [0.1, 0.15) is 13.2 Å². The SMILES string of the molecule is CCCC/C=C\C=C/CCCCCC(=O)OCC(COC(=O)CCCCCCCCC/C=C\C/C=C\CCCCC)OC(=O)CCCCCCCC/C=C\C=C/CCCCC. The summed E-state index contributed by atoms with van der Waals surface area (Å²) in [4.78, 5) is 37.9. The van der Waals surface area contributed by atoms with Gasteiger partial charge in [0.2, 0.25) is 0 Å². The van der Waals surface area contributed by atoms with Crippen LogP contribution in [0.4, 0.5) is 0 Å². The van der Waals surface area contributed by atoms with Gasteiger partial charge in [0.05, 0.1) is 0 Å². The number of esters is 3. The van der Waals surface area contributed by atoms with Crippen LogP contribution >= 0.6 is 0 Å². The van der Waals surface area contributed by atoms with E-state index < -0.39 is 6.10 Å². The van der Waals surface area contributed by atoms with Gasteiger partial charge in [0.15, 0.2) is 6.10 Å². The van der Waals surface area contributed by atoms with Crippen molar-refractivity contribution in [3.63, 3.8) is 0 Å². The fourth-order valence-corrected chi connectivity index (χ4v) is 6.79. The summed E-state index contributed by atoms with van der Waals surface area (Å²) in [5, 5.41) is 0. The van der Waals surface area contributed by atoms with Gasteiger partial charge in [-0.1, -0.05) is 196 Å². The molecule has 0 amide bonds. The highest BCUT2D eigenvalue weighted by Gasteiger charge is 2.19. The fraction of sp³-hybridized carbons (Fsp3) is 0.727. The Hall–Kier alpha value is -3.15. The van der Waals surface area contributed by atoms with Gasteiger partial charge in [-0.05, 0) is 96.3 Å². The highest BCUT2D eigenvalue weighted by atomic mass is 16.6. The maximum Gasteiger partial charge on any atom is 0.306 e. The van der Waals surface area contributed by atoms with Crippen molar-refractivity contribution < 1.29 is 28.6 Å². The van der Waals surface area contributed by atoms with Gasteiger partial charge in [0.25, 0.3) is 0 Å². The minimum atomic E-state index is -0.794. The van der Waals surface area contributed by atoms with E-state index in [0.717, 1.165) is 96.3 Å². The van der Waals surface area contributed by atoms with Crippen LogP contribution in [0.5, 0.6) is 0 Å². The molecule has 1 atom stereocenters. The van der Waals surface area contributed by atoms with Crippen molar-refractivity contribution in [1.82, 2.24) is 0 Å². The van der Waals surface area contributed by atoms with Crippen LogP contribution in [0, 0.1) is 0 Å². The zero-order valence-electron chi connectivity index (χ0n) is 39.9. The van der Waals surface area contributed by atoms with E-state index in [9.17, 15) is 14.4 Å². The molecule has 0 aromatic heterocycles. The number of hydrogen-bond donors (Lipinski definition) is 0. The molecule has 1 unspecified atom stereocenters. The molecule has 0 spiro atoms. The van der Waals surface area contributed by atoms with Crippen molar-refractivity contribution in [3.05, 3.63) is 72.9 Å². The summed E-state index contributed by atoms with van der Waals surface area (Å²) < 4.78 is 16.7. The molecule has 0 saturated carbocycles. The minimum absolute atomic E-state index is 0.0934. The highest BCUT2D eigenvalue weighted by Crippen LogP contribution is 2.14. The first-order valence-corrected chi connectivity index (χ1v) is 25.5. The van der Waals surface area contributed by atoms with E-state index in [1.54, 1.807) is 0 Å². The van der Waals surface area contributed by atoms with E-state index in [4.69, 9.17) is 14.2 Å². The largest absolute Gasteiger partial charge is 0.462 e. The standard InChI is InChI=1S/C55H94O6/c1-4-7-10-13-16-19-22-24-26-27-29-30-33-36-39-42-45-48-54(57)60-51-52(50-59-53(56)47-44-41-38-35-32-21-18-15-12-9-6-3)61-55(58)49-46-43-40-37-34-31-28-25-23-20-17-14-11-8-5-2/h15-21,23-26,32,52H,4-14,22,27-31,33-51H2,1-3H3/b18-15-,19-16-,20-17-,25-23-,26-24-,32-21-. The van der Waals surface area contributed by atoms with Crippen LogP contribution in [-0.2, 0) is 28.6 Å². The second-order valence-electron chi connectivity index (χ2n) is 16.8. The Morgan fingerprint density at radius 3 is 1.07 bits per heavy atom. The fourth-order valence-electron chi connectivity index (χ4n) is 6.79. The van der Waals surface area contributed by atoms with Gasteiger partial charge in [-0.15, -0.1) is 0 Å². The molecule has 0 aromatic rings. The molecule has 0 aromatic carbocycles. The summed E-state index contributed by atoms with van der Waals surface area (Å²) in [6.45, 7) is 6.49. The molecule has 61 heavy (non-hydrogen) atoms. The Kier molecular flexibility index (Phi) is 46.9. The first-order chi connectivity index (χ1) is 30.0. The second kappa shape index (κ2) is 49.5. The van der Waals surface area contributed by atoms with Gasteiger partial charge in [-0.25, -0.2) is 0 Å². The van der Waals surface area contributed by atoms with Crippen LogP contribution in [0.3, 0.4) is 0 Å². The third-order valence-corrected chi connectivity index (χ3v) is 10.7. The lowest BCUT2D eigenvalue weighted by molar-refractivity contribution is -0.167. The molecule has 0 fully saturated rings. The average molecular weight is 851 g/mol. The van der Waals surface area contributed by atoms with Crippen LogP contribution in [0.25, 0.3) is 0 Å². The van der Waals surface area contributed by atoms with Crippen molar-refractivity contribution in [2.75, 3.05) is 13.2 Å². The Morgan fingerprint density at radius 1 is 0.344 bits per heavy atom. The molecule has 6 heteroatoms. The summed E-state index contributed by atoms with van der Waals surface area (Å²) in [6, 6.07) is 0. The summed E-state index contributed by atoms with van der Waals surface area (Å²) in [5.41, 5.74) is 0. The molecule has 6 nitrogen and oxygen atoms in total. The quantitative estimate of drug-likeness (QED) is 0.0200. The molecular formula is C55H94O6. The van der Waals surface area contributed by atoms with Gasteiger partial charge in [0, 0.05) is 19.3 Å². The lowest BCUT2D eigenvalue weighted by atomic mass is 10.1. The van der Waals surface area contributed by atoms with Gasteiger partial charge < -0.3 is 14.2 Å². The van der Waals surface area contributed by atoms with Crippen molar-refractivity contribution in [3.8, 4) is 0 Å². The van der Waals surface area contributed by atoms with Crippen LogP contribution < -0.4 is 0 Å². The Bertz CT molecular complexity index is 1160. The summed E-state index contributed by atoms with van der Waals surface area (Å²) >= 11 is 0. The average Bonchev–Trinajstić information content (AvgIpc) is 3.26. The highest BCUT2D eigenvalue weighted by molar-refractivity contribution is 5.71. The van der Waals surface area contributed by atoms with E-state index in [-0.39, 0.29) is 31.1 Å². The van der Waals surface area contributed by atoms with Crippen LogP contribution in [0.15, 0.2) is 72.9 Å². The molecule has 350 valence electrons. The van der Waals surface area contributed by atoms with Crippen LogP contribution in [-0.4, -0.2) is 37.2 Å². The van der Waals surface area contributed by atoms with E-state index in [0.29, 0.717) is 19.3 Å². The topological polar surface area (TPSA) is 78.9 Å². The number of unbranched alkanes of at least 4 members (excludes halogenated alkanes) is 24. The summed E-state index contributed by atoms with van der Waals surface area (Å²) in [7, 11) is 0. The predicted molar refractivity (Wildman–Crippen MR) is 261 cm³/mol. The molecule has 0 heterocycles. The molecule has 0 aliphatic heterocycles. The number of rotatable bonds is 45. The van der Waals surface area contributed by atoms with Gasteiger partial charge in [-0.2, -0.15) is 0 Å². The monoisotopic (exact) mass is 851 g/mol. The van der Waals surface area contributed by atoms with E-state index in [1.165, 1.54) is 103 Å². The lowest BCUT2D eigenvalue weighted by Gasteiger charge is -2.18. The smallest absolute Gasteiger partial charge is 0.306 e. The first kappa shape index (κ1) is 57.9. The zero-order chi connectivity index (χ0) is 44.4. The summed E-state index contributed by atoms with van der Waals surface area (Å²) in [5.74, 6) is -0.942. The minimum Gasteiger partial charge on any atom is -0.462 e. The number of carbonyl (C=O) groups excluding carboxylic acids is 3. The molecule has 0 rings (SSSR count). The van der Waals surface area contributed by atoms with Crippen LogP contribution in [0.2, 0.25) is 0 Å². The second-order valence-corrected chi connectivity index (χ2v) is 16.8. The van der Waals surface area contributed by atoms with E-state index in [1.807, 2.05) is 0 Å². The van der Waals surface area contributed by atoms with E-state index >= 15 is 0 Å². The Labute approximate surface area is 376 Å². The Balaban J connectivity index is 4.42. The third kappa shape index (κ3) is 47.7. The van der Waals surface area contributed by atoms with Gasteiger partial charge >= 0.3 is 17.9 Å².